The number of methoxy groups -OCH3 is 1. The standard InChI is InChI=1S/C24H27N5O3/c1-16-9-19-13-28(14-20(16)29(19)21-5-3-17(10-25)11-26-21)23(30)15-32-24(7-8-24)18-4-6-22(31-2)27-12-18/h3-6,11-12,16,19-20H,7-9,13-15H2,1-2H3/t16-,19?,20?/m0/s1. The maximum atomic E-state index is 13.1. The number of hydrogen-bond donors (Lipinski definition) is 0. The zero-order chi connectivity index (χ0) is 22.3. The Morgan fingerprint density at radius 2 is 2.06 bits per heavy atom. The molecule has 166 valence electrons. The number of anilines is 1. The van der Waals surface area contributed by atoms with Crippen molar-refractivity contribution in [2.24, 2.45) is 5.92 Å². The van der Waals surface area contributed by atoms with Gasteiger partial charge in [-0.15, -0.1) is 0 Å². The molecule has 5 rings (SSSR count). The summed E-state index contributed by atoms with van der Waals surface area (Å²) in [5, 5.41) is 9.03. The lowest BCUT2D eigenvalue weighted by molar-refractivity contribution is -0.140. The van der Waals surface area contributed by atoms with Crippen LogP contribution < -0.4 is 9.64 Å². The van der Waals surface area contributed by atoms with Crippen LogP contribution in [0.1, 0.15) is 37.3 Å². The Bertz CT molecular complexity index is 1030. The van der Waals surface area contributed by atoms with E-state index in [2.05, 4.69) is 27.9 Å². The van der Waals surface area contributed by atoms with Crippen LogP contribution in [0.3, 0.4) is 0 Å². The number of piperazine rings is 1. The molecule has 2 aliphatic heterocycles. The maximum Gasteiger partial charge on any atom is 0.248 e. The molecule has 2 unspecified atom stereocenters. The van der Waals surface area contributed by atoms with Gasteiger partial charge in [0.2, 0.25) is 11.8 Å². The predicted molar refractivity (Wildman–Crippen MR) is 117 cm³/mol. The number of aromatic nitrogens is 2. The molecular weight excluding hydrogens is 406 g/mol. The van der Waals surface area contributed by atoms with Gasteiger partial charge in [-0.05, 0) is 43.4 Å². The predicted octanol–water partition coefficient (Wildman–Crippen LogP) is 2.49. The smallest absolute Gasteiger partial charge is 0.248 e. The second-order valence-electron chi connectivity index (χ2n) is 9.03. The van der Waals surface area contributed by atoms with Crippen molar-refractivity contribution < 1.29 is 14.3 Å². The van der Waals surface area contributed by atoms with E-state index in [9.17, 15) is 4.79 Å². The first-order valence-corrected chi connectivity index (χ1v) is 11.1. The monoisotopic (exact) mass is 433 g/mol. The molecule has 2 bridgehead atoms. The quantitative estimate of drug-likeness (QED) is 0.691. The number of ether oxygens (including phenoxy) is 2. The summed E-state index contributed by atoms with van der Waals surface area (Å²) in [5.41, 5.74) is 1.16. The van der Waals surface area contributed by atoms with Crippen LogP contribution in [0.5, 0.6) is 5.88 Å². The van der Waals surface area contributed by atoms with Crippen LogP contribution in [0.4, 0.5) is 5.82 Å². The number of nitrogens with zero attached hydrogens (tertiary/aromatic N) is 5. The molecule has 2 aromatic heterocycles. The number of carbonyl (C=O) groups excluding carboxylic acids is 1. The van der Waals surface area contributed by atoms with E-state index in [-0.39, 0.29) is 24.6 Å². The van der Waals surface area contributed by atoms with Crippen LogP contribution in [-0.4, -0.2) is 59.7 Å². The van der Waals surface area contributed by atoms with Crippen LogP contribution in [-0.2, 0) is 15.1 Å². The minimum Gasteiger partial charge on any atom is -0.481 e. The number of likely N-dealkylation sites (tertiary alicyclic amines) is 1. The summed E-state index contributed by atoms with van der Waals surface area (Å²) in [6, 6.07) is 10.1. The third-order valence-corrected chi connectivity index (χ3v) is 7.03. The van der Waals surface area contributed by atoms with E-state index < -0.39 is 5.60 Å². The molecule has 1 saturated carbocycles. The maximum absolute atomic E-state index is 13.1. The van der Waals surface area contributed by atoms with E-state index in [1.165, 1.54) is 0 Å². The lowest BCUT2D eigenvalue weighted by Gasteiger charge is -2.42. The minimum atomic E-state index is -0.393. The summed E-state index contributed by atoms with van der Waals surface area (Å²) < 4.78 is 11.3. The number of rotatable bonds is 6. The first-order chi connectivity index (χ1) is 15.5. The van der Waals surface area contributed by atoms with E-state index in [0.29, 0.717) is 30.5 Å². The van der Waals surface area contributed by atoms with Crippen LogP contribution in [0, 0.1) is 17.2 Å². The fourth-order valence-electron chi connectivity index (χ4n) is 5.09. The Labute approximate surface area is 187 Å². The van der Waals surface area contributed by atoms with Crippen molar-refractivity contribution in [2.45, 2.75) is 43.9 Å². The van der Waals surface area contributed by atoms with Gasteiger partial charge in [-0.2, -0.15) is 5.26 Å². The Morgan fingerprint density at radius 3 is 2.66 bits per heavy atom. The van der Waals surface area contributed by atoms with Crippen molar-refractivity contribution in [2.75, 3.05) is 31.7 Å². The Morgan fingerprint density at radius 1 is 1.22 bits per heavy atom. The molecule has 0 N–H and O–H groups in total. The summed E-state index contributed by atoms with van der Waals surface area (Å²) in [6.45, 7) is 3.65. The third-order valence-electron chi connectivity index (χ3n) is 7.03. The highest BCUT2D eigenvalue weighted by Gasteiger charge is 2.48. The zero-order valence-electron chi connectivity index (χ0n) is 18.4. The minimum absolute atomic E-state index is 0.0364. The molecule has 1 aliphatic carbocycles. The third kappa shape index (κ3) is 3.67. The highest BCUT2D eigenvalue weighted by molar-refractivity contribution is 5.78. The number of carbonyl (C=O) groups is 1. The summed E-state index contributed by atoms with van der Waals surface area (Å²) in [5.74, 6) is 1.96. The molecule has 3 aliphatic rings. The van der Waals surface area contributed by atoms with Crippen molar-refractivity contribution in [3.63, 3.8) is 0 Å². The van der Waals surface area contributed by atoms with Gasteiger partial charge in [0.1, 0.15) is 18.5 Å². The Kier molecular flexibility index (Phi) is 5.22. The van der Waals surface area contributed by atoms with Crippen molar-refractivity contribution in [1.82, 2.24) is 14.9 Å². The molecule has 8 heteroatoms. The van der Waals surface area contributed by atoms with E-state index in [0.717, 1.165) is 30.6 Å². The molecule has 2 aromatic rings. The number of pyridine rings is 2. The molecule has 0 spiro atoms. The van der Waals surface area contributed by atoms with Crippen LogP contribution in [0.15, 0.2) is 36.7 Å². The average Bonchev–Trinajstić information content (AvgIpc) is 3.59. The van der Waals surface area contributed by atoms with E-state index in [1.807, 2.05) is 23.1 Å². The van der Waals surface area contributed by atoms with Gasteiger partial charge in [0.15, 0.2) is 0 Å². The molecule has 8 nitrogen and oxygen atoms in total. The Hall–Kier alpha value is -3.18. The molecule has 2 saturated heterocycles. The van der Waals surface area contributed by atoms with Gasteiger partial charge >= 0.3 is 0 Å². The summed E-state index contributed by atoms with van der Waals surface area (Å²) >= 11 is 0. The summed E-state index contributed by atoms with van der Waals surface area (Å²) in [6.07, 6.45) is 6.22. The van der Waals surface area contributed by atoms with Crippen LogP contribution in [0.2, 0.25) is 0 Å². The Balaban J connectivity index is 1.23. The van der Waals surface area contributed by atoms with Gasteiger partial charge in [0.25, 0.3) is 0 Å². The molecule has 0 aromatic carbocycles. The van der Waals surface area contributed by atoms with Crippen molar-refractivity contribution >= 4 is 11.7 Å². The normalized spacial score (nSPS) is 25.3. The first kappa shape index (κ1) is 20.7. The van der Waals surface area contributed by atoms with Crippen LogP contribution >= 0.6 is 0 Å². The number of amides is 1. The average molecular weight is 434 g/mol. The second kappa shape index (κ2) is 8.06. The number of hydrogen-bond acceptors (Lipinski definition) is 7. The van der Waals surface area contributed by atoms with E-state index in [4.69, 9.17) is 14.7 Å². The lowest BCUT2D eigenvalue weighted by Crippen LogP contribution is -2.57. The van der Waals surface area contributed by atoms with Gasteiger partial charge in [0, 0.05) is 43.2 Å². The van der Waals surface area contributed by atoms with Crippen LogP contribution in [0.25, 0.3) is 0 Å². The fourth-order valence-corrected chi connectivity index (χ4v) is 5.09. The van der Waals surface area contributed by atoms with Gasteiger partial charge in [-0.3, -0.25) is 4.79 Å². The summed E-state index contributed by atoms with van der Waals surface area (Å²) in [7, 11) is 1.59. The molecular formula is C24H27N5O3. The second-order valence-corrected chi connectivity index (χ2v) is 9.03. The highest BCUT2D eigenvalue weighted by atomic mass is 16.5. The van der Waals surface area contributed by atoms with Gasteiger partial charge in [-0.25, -0.2) is 9.97 Å². The van der Waals surface area contributed by atoms with Gasteiger partial charge < -0.3 is 19.3 Å². The molecule has 0 radical (unpaired) electrons. The highest BCUT2D eigenvalue weighted by Crippen LogP contribution is 2.49. The zero-order valence-corrected chi connectivity index (χ0v) is 18.4. The molecule has 4 heterocycles. The molecule has 1 amide bonds. The topological polar surface area (TPSA) is 91.6 Å². The molecule has 3 fully saturated rings. The largest absolute Gasteiger partial charge is 0.481 e. The molecule has 3 atom stereocenters. The summed E-state index contributed by atoms with van der Waals surface area (Å²) in [4.78, 5) is 26.1. The van der Waals surface area contributed by atoms with E-state index >= 15 is 0 Å². The first-order valence-electron chi connectivity index (χ1n) is 11.1. The number of nitriles is 1. The van der Waals surface area contributed by atoms with Crippen molar-refractivity contribution in [3.8, 4) is 11.9 Å². The van der Waals surface area contributed by atoms with Crippen molar-refractivity contribution in [1.29, 1.82) is 5.26 Å². The van der Waals surface area contributed by atoms with Gasteiger partial charge in [-0.1, -0.05) is 6.92 Å². The fraction of sp³-hybridized carbons (Fsp3) is 0.500. The lowest BCUT2D eigenvalue weighted by atomic mass is 10.0. The van der Waals surface area contributed by atoms with E-state index in [1.54, 1.807) is 25.6 Å². The van der Waals surface area contributed by atoms with Crippen molar-refractivity contribution in [3.05, 3.63) is 47.8 Å². The SMILES string of the molecule is COc1ccc(C2(OCC(=O)N3CC4C[C@H](C)C(C3)N4c3ccc(C#N)cn3)CC2)cn1. The molecule has 32 heavy (non-hydrogen) atoms. The number of fused-ring (bicyclic) bond motifs is 2. The van der Waals surface area contributed by atoms with Gasteiger partial charge in [0.05, 0.1) is 24.3 Å².